The van der Waals surface area contributed by atoms with Gasteiger partial charge < -0.3 is 15.3 Å². The Labute approximate surface area is 123 Å². The van der Waals surface area contributed by atoms with Gasteiger partial charge in [-0.15, -0.1) is 0 Å². The molecule has 2 N–H and O–H groups in total. The Hall–Kier alpha value is -1.88. The molecule has 21 heavy (non-hydrogen) atoms. The van der Waals surface area contributed by atoms with E-state index >= 15 is 0 Å². The van der Waals surface area contributed by atoms with E-state index in [4.69, 9.17) is 5.11 Å². The van der Waals surface area contributed by atoms with Gasteiger partial charge in [0.15, 0.2) is 0 Å². The second-order valence-corrected chi connectivity index (χ2v) is 5.92. The Morgan fingerprint density at radius 1 is 1.14 bits per heavy atom. The third kappa shape index (κ3) is 3.08. The highest BCUT2D eigenvalue weighted by molar-refractivity contribution is 5.97. The fraction of sp³-hybridized carbons (Fsp3) is 0.500. The first-order chi connectivity index (χ1) is 10.1. The van der Waals surface area contributed by atoms with Gasteiger partial charge in [-0.3, -0.25) is 4.79 Å². The van der Waals surface area contributed by atoms with Crippen LogP contribution in [0.2, 0.25) is 0 Å². The third-order valence-corrected chi connectivity index (χ3v) is 4.48. The molecule has 2 aliphatic rings. The van der Waals surface area contributed by atoms with Crippen LogP contribution in [0.25, 0.3) is 0 Å². The molecule has 1 amide bonds. The maximum atomic E-state index is 12.1. The number of amides is 1. The summed E-state index contributed by atoms with van der Waals surface area (Å²) in [6.45, 7) is 2.37. The van der Waals surface area contributed by atoms with Crippen molar-refractivity contribution in [1.29, 1.82) is 0 Å². The Kier molecular flexibility index (Phi) is 3.92. The highest BCUT2D eigenvalue weighted by Gasteiger charge is 2.35. The topological polar surface area (TPSA) is 69.6 Å². The molecular weight excluding hydrogens is 268 g/mol. The molecule has 1 aromatic carbocycles. The van der Waals surface area contributed by atoms with E-state index in [0.29, 0.717) is 11.6 Å². The molecule has 3 rings (SSSR count). The van der Waals surface area contributed by atoms with E-state index < -0.39 is 5.97 Å². The predicted octanol–water partition coefficient (Wildman–Crippen LogP) is 1.74. The molecule has 1 aliphatic carbocycles. The Balaban J connectivity index is 1.53. The first-order valence-electron chi connectivity index (χ1n) is 7.52. The summed E-state index contributed by atoms with van der Waals surface area (Å²) in [4.78, 5) is 25.6. The largest absolute Gasteiger partial charge is 0.478 e. The van der Waals surface area contributed by atoms with E-state index in [1.165, 1.54) is 38.1 Å². The zero-order valence-corrected chi connectivity index (χ0v) is 11.9. The quantitative estimate of drug-likeness (QED) is 0.885. The lowest BCUT2D eigenvalue weighted by Crippen LogP contribution is -2.53. The SMILES string of the molecule is O=C(O)c1cccc(C(=O)NC2CC(N3CCCC3)C2)c1. The van der Waals surface area contributed by atoms with Crippen molar-refractivity contribution in [2.45, 2.75) is 37.8 Å². The Morgan fingerprint density at radius 2 is 1.81 bits per heavy atom. The lowest BCUT2D eigenvalue weighted by atomic mass is 9.85. The Morgan fingerprint density at radius 3 is 2.48 bits per heavy atom. The smallest absolute Gasteiger partial charge is 0.335 e. The molecule has 0 aromatic heterocycles. The van der Waals surface area contributed by atoms with Crippen LogP contribution in [0.3, 0.4) is 0 Å². The first-order valence-corrected chi connectivity index (χ1v) is 7.52. The molecule has 0 bridgehead atoms. The van der Waals surface area contributed by atoms with Gasteiger partial charge >= 0.3 is 5.97 Å². The molecule has 1 saturated heterocycles. The molecule has 1 aromatic rings. The summed E-state index contributed by atoms with van der Waals surface area (Å²) in [6, 6.07) is 7.00. The van der Waals surface area contributed by atoms with E-state index in [9.17, 15) is 9.59 Å². The number of nitrogens with zero attached hydrogens (tertiary/aromatic N) is 1. The van der Waals surface area contributed by atoms with Crippen LogP contribution < -0.4 is 5.32 Å². The van der Waals surface area contributed by atoms with Crippen LogP contribution in [0, 0.1) is 0 Å². The number of carbonyl (C=O) groups is 2. The van der Waals surface area contributed by atoms with Crippen molar-refractivity contribution in [3.8, 4) is 0 Å². The molecule has 1 aliphatic heterocycles. The molecule has 0 atom stereocenters. The number of hydrogen-bond donors (Lipinski definition) is 2. The van der Waals surface area contributed by atoms with Gasteiger partial charge in [0.05, 0.1) is 5.56 Å². The maximum absolute atomic E-state index is 12.1. The number of benzene rings is 1. The highest BCUT2D eigenvalue weighted by atomic mass is 16.4. The minimum absolute atomic E-state index is 0.145. The summed E-state index contributed by atoms with van der Waals surface area (Å²) >= 11 is 0. The van der Waals surface area contributed by atoms with Crippen LogP contribution in [-0.2, 0) is 0 Å². The van der Waals surface area contributed by atoms with Gasteiger partial charge in [-0.25, -0.2) is 4.79 Å². The molecule has 0 unspecified atom stereocenters. The average molecular weight is 288 g/mol. The molecule has 2 fully saturated rings. The molecule has 1 saturated carbocycles. The number of hydrogen-bond acceptors (Lipinski definition) is 3. The standard InChI is InChI=1S/C16H20N2O3/c19-15(11-4-3-5-12(8-11)16(20)21)17-13-9-14(10-13)18-6-1-2-7-18/h3-5,8,13-14H,1-2,6-7,9-10H2,(H,17,19)(H,20,21). The van der Waals surface area contributed by atoms with Gasteiger partial charge in [-0.2, -0.15) is 0 Å². The lowest BCUT2D eigenvalue weighted by Gasteiger charge is -2.41. The van der Waals surface area contributed by atoms with Crippen LogP contribution in [-0.4, -0.2) is 47.1 Å². The van der Waals surface area contributed by atoms with Crippen LogP contribution >= 0.6 is 0 Å². The summed E-state index contributed by atoms with van der Waals surface area (Å²) in [5.74, 6) is -1.19. The zero-order valence-electron chi connectivity index (χ0n) is 11.9. The number of rotatable bonds is 4. The summed E-state index contributed by atoms with van der Waals surface area (Å²) in [5.41, 5.74) is 0.561. The van der Waals surface area contributed by atoms with Crippen LogP contribution in [0.4, 0.5) is 0 Å². The highest BCUT2D eigenvalue weighted by Crippen LogP contribution is 2.28. The van der Waals surface area contributed by atoms with E-state index in [2.05, 4.69) is 10.2 Å². The van der Waals surface area contributed by atoms with Crippen LogP contribution in [0.1, 0.15) is 46.4 Å². The molecule has 0 spiro atoms. The van der Waals surface area contributed by atoms with Crippen LogP contribution in [0.5, 0.6) is 0 Å². The third-order valence-electron chi connectivity index (χ3n) is 4.48. The predicted molar refractivity (Wildman–Crippen MR) is 78.5 cm³/mol. The fourth-order valence-corrected chi connectivity index (χ4v) is 3.17. The second kappa shape index (κ2) is 5.85. The van der Waals surface area contributed by atoms with Crippen molar-refractivity contribution < 1.29 is 14.7 Å². The molecule has 5 heteroatoms. The number of nitrogens with one attached hydrogen (secondary N) is 1. The number of carbonyl (C=O) groups excluding carboxylic acids is 1. The van der Waals surface area contributed by atoms with Gasteiger partial charge in [-0.1, -0.05) is 6.07 Å². The number of carboxylic acid groups (broad SMARTS) is 1. The maximum Gasteiger partial charge on any atom is 0.335 e. The first kappa shape index (κ1) is 14.1. The zero-order chi connectivity index (χ0) is 14.8. The summed E-state index contributed by atoms with van der Waals surface area (Å²) < 4.78 is 0. The number of carboxylic acids is 1. The molecule has 1 heterocycles. The minimum atomic E-state index is -1.01. The van der Waals surface area contributed by atoms with Gasteiger partial charge in [0.2, 0.25) is 0 Å². The molecule has 0 radical (unpaired) electrons. The fourth-order valence-electron chi connectivity index (χ4n) is 3.17. The van der Waals surface area contributed by atoms with Crippen molar-refractivity contribution in [1.82, 2.24) is 10.2 Å². The van der Waals surface area contributed by atoms with Gasteiger partial charge in [0.1, 0.15) is 0 Å². The van der Waals surface area contributed by atoms with Gasteiger partial charge in [-0.05, 0) is 57.0 Å². The van der Waals surface area contributed by atoms with Crippen molar-refractivity contribution in [3.05, 3.63) is 35.4 Å². The van der Waals surface area contributed by atoms with Crippen molar-refractivity contribution in [3.63, 3.8) is 0 Å². The normalized spacial score (nSPS) is 25.3. The average Bonchev–Trinajstić information content (AvgIpc) is 2.95. The molecule has 5 nitrogen and oxygen atoms in total. The van der Waals surface area contributed by atoms with Gasteiger partial charge in [0, 0.05) is 17.6 Å². The number of likely N-dealkylation sites (tertiary alicyclic amines) is 1. The summed E-state index contributed by atoms with van der Waals surface area (Å²) in [6.07, 6.45) is 4.58. The number of aromatic carboxylic acids is 1. The van der Waals surface area contributed by atoms with E-state index in [1.807, 2.05) is 0 Å². The van der Waals surface area contributed by atoms with Crippen molar-refractivity contribution >= 4 is 11.9 Å². The summed E-state index contributed by atoms with van der Waals surface area (Å²) in [7, 11) is 0. The lowest BCUT2D eigenvalue weighted by molar-refractivity contribution is 0.0697. The molecule has 112 valence electrons. The van der Waals surface area contributed by atoms with Gasteiger partial charge in [0.25, 0.3) is 5.91 Å². The molecular formula is C16H20N2O3. The van der Waals surface area contributed by atoms with Crippen molar-refractivity contribution in [2.24, 2.45) is 0 Å². The second-order valence-electron chi connectivity index (χ2n) is 5.92. The minimum Gasteiger partial charge on any atom is -0.478 e. The van der Waals surface area contributed by atoms with E-state index in [-0.39, 0.29) is 17.5 Å². The van der Waals surface area contributed by atoms with Crippen molar-refractivity contribution in [2.75, 3.05) is 13.1 Å². The Bertz CT molecular complexity index is 546. The monoisotopic (exact) mass is 288 g/mol. The van der Waals surface area contributed by atoms with Crippen LogP contribution in [0.15, 0.2) is 24.3 Å². The van der Waals surface area contributed by atoms with E-state index in [1.54, 1.807) is 12.1 Å². The summed E-state index contributed by atoms with van der Waals surface area (Å²) in [5, 5.41) is 11.9. The van der Waals surface area contributed by atoms with E-state index in [0.717, 1.165) is 12.8 Å².